The van der Waals surface area contributed by atoms with Crippen molar-refractivity contribution in [1.82, 2.24) is 4.98 Å². The molecule has 2 N–H and O–H groups in total. The number of methoxy groups -OCH3 is 1. The standard InChI is InChI=1S/C18H16F2N2O7/c1-8-14(16(24)26-3)9(2)21-15(8)17(25)27-7-13(23)22-10-4-5-11-12(6-10)29-18(19,20)28-11/h4-6,21H,7H2,1-3H3,(H,22,23). The van der Waals surface area contributed by atoms with Crippen LogP contribution in [0.5, 0.6) is 11.5 Å². The summed E-state index contributed by atoms with van der Waals surface area (Å²) in [5.74, 6) is -2.57. The van der Waals surface area contributed by atoms with Gasteiger partial charge in [0.05, 0.1) is 12.7 Å². The molecule has 29 heavy (non-hydrogen) atoms. The first-order valence-electron chi connectivity index (χ1n) is 8.25. The molecule has 0 saturated heterocycles. The summed E-state index contributed by atoms with van der Waals surface area (Å²) in [4.78, 5) is 38.7. The summed E-state index contributed by atoms with van der Waals surface area (Å²) in [6.07, 6.45) is -3.77. The molecule has 1 aliphatic heterocycles. The number of hydrogen-bond donors (Lipinski definition) is 2. The Balaban J connectivity index is 1.61. The number of benzene rings is 1. The molecule has 0 fully saturated rings. The summed E-state index contributed by atoms with van der Waals surface area (Å²) in [5.41, 5.74) is 1.12. The third-order valence-electron chi connectivity index (χ3n) is 4.05. The second-order valence-electron chi connectivity index (χ2n) is 6.07. The van der Waals surface area contributed by atoms with Crippen LogP contribution in [0.15, 0.2) is 18.2 Å². The summed E-state index contributed by atoms with van der Waals surface area (Å²) in [6, 6.07) is 3.68. The monoisotopic (exact) mass is 410 g/mol. The zero-order valence-corrected chi connectivity index (χ0v) is 15.6. The Labute approximate surface area is 162 Å². The van der Waals surface area contributed by atoms with Crippen LogP contribution in [-0.4, -0.2) is 42.8 Å². The summed E-state index contributed by atoms with van der Waals surface area (Å²) < 4.78 is 44.2. The quantitative estimate of drug-likeness (QED) is 0.728. The van der Waals surface area contributed by atoms with Crippen molar-refractivity contribution in [2.45, 2.75) is 20.1 Å². The number of carbonyl (C=O) groups is 3. The highest BCUT2D eigenvalue weighted by Gasteiger charge is 2.43. The van der Waals surface area contributed by atoms with Gasteiger partial charge in [0.15, 0.2) is 18.1 Å². The highest BCUT2D eigenvalue weighted by molar-refractivity contribution is 5.99. The number of aryl methyl sites for hydroxylation is 1. The Bertz CT molecular complexity index is 1000. The van der Waals surface area contributed by atoms with Crippen LogP contribution in [0.3, 0.4) is 0 Å². The predicted octanol–water partition coefficient (Wildman–Crippen LogP) is 2.54. The van der Waals surface area contributed by atoms with Crippen LogP contribution in [0.1, 0.15) is 32.1 Å². The smallest absolute Gasteiger partial charge is 0.465 e. The van der Waals surface area contributed by atoms with Crippen molar-refractivity contribution >= 4 is 23.5 Å². The molecule has 0 saturated carbocycles. The van der Waals surface area contributed by atoms with Gasteiger partial charge in [-0.2, -0.15) is 0 Å². The van der Waals surface area contributed by atoms with E-state index in [0.717, 1.165) is 6.07 Å². The molecule has 2 aromatic rings. The summed E-state index contributed by atoms with van der Waals surface area (Å²) in [6.45, 7) is 2.48. The molecule has 1 aromatic carbocycles. The van der Waals surface area contributed by atoms with Gasteiger partial charge >= 0.3 is 18.2 Å². The number of carbonyl (C=O) groups excluding carboxylic acids is 3. The lowest BCUT2D eigenvalue weighted by Gasteiger charge is -2.07. The van der Waals surface area contributed by atoms with Crippen molar-refractivity contribution in [1.29, 1.82) is 0 Å². The van der Waals surface area contributed by atoms with Gasteiger partial charge in [-0.15, -0.1) is 8.78 Å². The van der Waals surface area contributed by atoms with E-state index in [1.807, 2.05) is 0 Å². The number of halogens is 2. The number of H-pyrrole nitrogens is 1. The van der Waals surface area contributed by atoms with Gasteiger partial charge in [-0.05, 0) is 31.5 Å². The van der Waals surface area contributed by atoms with Crippen molar-refractivity contribution in [3.05, 3.63) is 40.7 Å². The van der Waals surface area contributed by atoms with Gasteiger partial charge < -0.3 is 29.2 Å². The zero-order valence-electron chi connectivity index (χ0n) is 15.6. The van der Waals surface area contributed by atoms with E-state index < -0.39 is 30.7 Å². The van der Waals surface area contributed by atoms with Crippen LogP contribution in [-0.2, 0) is 14.3 Å². The number of ether oxygens (including phenoxy) is 4. The molecule has 0 aliphatic carbocycles. The minimum Gasteiger partial charge on any atom is -0.465 e. The molecule has 1 aromatic heterocycles. The number of hydrogen-bond acceptors (Lipinski definition) is 7. The molecule has 9 nitrogen and oxygen atoms in total. The maximum atomic E-state index is 13.0. The van der Waals surface area contributed by atoms with Crippen molar-refractivity contribution in [3.8, 4) is 11.5 Å². The number of amides is 1. The van der Waals surface area contributed by atoms with Gasteiger partial charge in [-0.3, -0.25) is 4.79 Å². The topological polar surface area (TPSA) is 116 Å². The molecule has 1 aliphatic rings. The highest BCUT2D eigenvalue weighted by Crippen LogP contribution is 2.42. The van der Waals surface area contributed by atoms with Crippen LogP contribution in [0.2, 0.25) is 0 Å². The van der Waals surface area contributed by atoms with Gasteiger partial charge in [0.1, 0.15) is 5.69 Å². The third-order valence-corrected chi connectivity index (χ3v) is 4.05. The van der Waals surface area contributed by atoms with Gasteiger partial charge in [-0.1, -0.05) is 0 Å². The van der Waals surface area contributed by atoms with E-state index in [4.69, 9.17) is 4.74 Å². The number of aromatic nitrogens is 1. The molecular formula is C18H16F2N2O7. The maximum Gasteiger partial charge on any atom is 0.586 e. The van der Waals surface area contributed by atoms with Crippen LogP contribution in [0.4, 0.5) is 14.5 Å². The Morgan fingerprint density at radius 2 is 1.83 bits per heavy atom. The van der Waals surface area contributed by atoms with Crippen molar-refractivity contribution in [3.63, 3.8) is 0 Å². The number of anilines is 1. The first kappa shape index (κ1) is 20.1. The SMILES string of the molecule is COC(=O)c1c(C)[nH]c(C(=O)OCC(=O)Nc2ccc3c(c2)OC(F)(F)O3)c1C. The predicted molar refractivity (Wildman–Crippen MR) is 93.2 cm³/mol. The van der Waals surface area contributed by atoms with Crippen LogP contribution in [0, 0.1) is 13.8 Å². The highest BCUT2D eigenvalue weighted by atomic mass is 19.3. The van der Waals surface area contributed by atoms with E-state index in [-0.39, 0.29) is 28.4 Å². The average molecular weight is 410 g/mol. The largest absolute Gasteiger partial charge is 0.586 e. The van der Waals surface area contributed by atoms with E-state index >= 15 is 0 Å². The fraction of sp³-hybridized carbons (Fsp3) is 0.278. The normalized spacial score (nSPS) is 13.7. The van der Waals surface area contributed by atoms with Gasteiger partial charge in [0.2, 0.25) is 0 Å². The zero-order chi connectivity index (χ0) is 21.3. The summed E-state index contributed by atoms with van der Waals surface area (Å²) in [7, 11) is 1.22. The first-order chi connectivity index (χ1) is 13.6. The minimum atomic E-state index is -3.77. The van der Waals surface area contributed by atoms with E-state index in [1.54, 1.807) is 6.92 Å². The third kappa shape index (κ3) is 4.13. The number of aromatic amines is 1. The van der Waals surface area contributed by atoms with Crippen LogP contribution in [0.25, 0.3) is 0 Å². The molecule has 0 radical (unpaired) electrons. The number of alkyl halides is 2. The van der Waals surface area contributed by atoms with E-state index in [9.17, 15) is 23.2 Å². The van der Waals surface area contributed by atoms with Crippen molar-refractivity contribution in [2.75, 3.05) is 19.0 Å². The number of rotatable bonds is 5. The number of esters is 2. The molecule has 0 unspecified atom stereocenters. The second kappa shape index (κ2) is 7.41. The fourth-order valence-corrected chi connectivity index (χ4v) is 2.79. The van der Waals surface area contributed by atoms with E-state index in [0.29, 0.717) is 11.3 Å². The Morgan fingerprint density at radius 3 is 2.52 bits per heavy atom. The molecule has 1 amide bonds. The number of nitrogens with one attached hydrogen (secondary N) is 2. The lowest BCUT2D eigenvalue weighted by atomic mass is 10.1. The lowest BCUT2D eigenvalue weighted by molar-refractivity contribution is -0.286. The van der Waals surface area contributed by atoms with Gasteiger partial charge in [0.25, 0.3) is 5.91 Å². The molecule has 154 valence electrons. The van der Waals surface area contributed by atoms with E-state index in [2.05, 4.69) is 24.5 Å². The fourth-order valence-electron chi connectivity index (χ4n) is 2.79. The van der Waals surface area contributed by atoms with Crippen LogP contribution < -0.4 is 14.8 Å². The molecule has 0 bridgehead atoms. The van der Waals surface area contributed by atoms with Gasteiger partial charge in [-0.25, -0.2) is 9.59 Å². The number of fused-ring (bicyclic) bond motifs is 1. The minimum absolute atomic E-state index is 0.0148. The maximum absolute atomic E-state index is 13.0. The van der Waals surface area contributed by atoms with Crippen molar-refractivity contribution in [2.24, 2.45) is 0 Å². The lowest BCUT2D eigenvalue weighted by Crippen LogP contribution is -2.25. The molecule has 11 heteroatoms. The van der Waals surface area contributed by atoms with Gasteiger partial charge in [0, 0.05) is 17.4 Å². The summed E-state index contributed by atoms with van der Waals surface area (Å²) >= 11 is 0. The first-order valence-corrected chi connectivity index (χ1v) is 8.25. The van der Waals surface area contributed by atoms with E-state index in [1.165, 1.54) is 26.2 Å². The molecular weight excluding hydrogens is 394 g/mol. The van der Waals surface area contributed by atoms with Crippen LogP contribution >= 0.6 is 0 Å². The summed E-state index contributed by atoms with van der Waals surface area (Å²) in [5, 5.41) is 2.38. The molecule has 0 spiro atoms. The molecule has 2 heterocycles. The second-order valence-corrected chi connectivity index (χ2v) is 6.07. The Morgan fingerprint density at radius 1 is 1.14 bits per heavy atom. The Hall–Kier alpha value is -3.63. The van der Waals surface area contributed by atoms with Crippen molar-refractivity contribution < 1.29 is 42.1 Å². The average Bonchev–Trinajstić information content (AvgIpc) is 3.12. The molecule has 3 rings (SSSR count). The molecule has 0 atom stereocenters. The Kier molecular flexibility index (Phi) is 5.14.